The largest absolute Gasteiger partial charge is 0.369 e. The highest BCUT2D eigenvalue weighted by Crippen LogP contribution is 2.26. The minimum Gasteiger partial charge on any atom is -0.369 e. The van der Waals surface area contributed by atoms with Gasteiger partial charge in [-0.3, -0.25) is 4.90 Å². The molecule has 1 saturated carbocycles. The average molecular weight is 373 g/mol. The number of nitrogens with zero attached hydrogens (tertiary/aromatic N) is 3. The number of para-hydroxylation sites is 1. The highest BCUT2D eigenvalue weighted by molar-refractivity contribution is 5.74. The Morgan fingerprint density at radius 3 is 2.56 bits per heavy atom. The molecule has 1 aromatic rings. The van der Waals surface area contributed by atoms with Gasteiger partial charge in [-0.25, -0.2) is 4.79 Å². The number of rotatable bonds is 5. The maximum Gasteiger partial charge on any atom is 0.317 e. The zero-order valence-corrected chi connectivity index (χ0v) is 17.2. The van der Waals surface area contributed by atoms with Crippen LogP contribution in [0.25, 0.3) is 0 Å². The van der Waals surface area contributed by atoms with Gasteiger partial charge in [0.1, 0.15) is 0 Å². The molecule has 3 rings (SSSR count). The third-order valence-electron chi connectivity index (χ3n) is 6.38. The number of carbonyl (C=O) groups excluding carboxylic acids is 1. The summed E-state index contributed by atoms with van der Waals surface area (Å²) in [6, 6.07) is 11.5. The van der Waals surface area contributed by atoms with Gasteiger partial charge in [0.2, 0.25) is 0 Å². The standard InChI is InChI=1S/C22H36N4O/c1-18-8-7-11-21(16-18)24(3)22(27)23-17-19(2)25-12-14-26(15-13-25)20-9-5-4-6-10-20/h4-6,9-10,18-19,21H,7-8,11-17H2,1-3H3,(H,23,27). The molecule has 0 spiro atoms. The maximum atomic E-state index is 12.6. The van der Waals surface area contributed by atoms with E-state index in [4.69, 9.17) is 0 Å². The molecule has 3 unspecified atom stereocenters. The first-order valence-electron chi connectivity index (χ1n) is 10.6. The molecule has 27 heavy (non-hydrogen) atoms. The molecule has 150 valence electrons. The molecule has 2 aliphatic rings. The predicted molar refractivity (Wildman–Crippen MR) is 112 cm³/mol. The van der Waals surface area contributed by atoms with Crippen molar-refractivity contribution in [1.29, 1.82) is 0 Å². The Kier molecular flexibility index (Phi) is 7.00. The first-order chi connectivity index (χ1) is 13.0. The van der Waals surface area contributed by atoms with E-state index in [1.807, 2.05) is 11.9 Å². The molecule has 1 aliphatic carbocycles. The summed E-state index contributed by atoms with van der Waals surface area (Å²) in [6.45, 7) is 9.42. The summed E-state index contributed by atoms with van der Waals surface area (Å²) in [4.78, 5) is 19.4. The van der Waals surface area contributed by atoms with E-state index in [0.717, 1.165) is 51.5 Å². The fraction of sp³-hybridized carbons (Fsp3) is 0.682. The Balaban J connectivity index is 1.40. The zero-order chi connectivity index (χ0) is 19.2. The molecule has 1 aromatic carbocycles. The van der Waals surface area contributed by atoms with Crippen molar-refractivity contribution >= 4 is 11.7 Å². The molecule has 0 aromatic heterocycles. The lowest BCUT2D eigenvalue weighted by molar-refractivity contribution is 0.152. The van der Waals surface area contributed by atoms with Crippen molar-refractivity contribution in [3.63, 3.8) is 0 Å². The number of piperazine rings is 1. The minimum absolute atomic E-state index is 0.0869. The fourth-order valence-corrected chi connectivity index (χ4v) is 4.47. The van der Waals surface area contributed by atoms with Crippen molar-refractivity contribution in [1.82, 2.24) is 15.1 Å². The first-order valence-corrected chi connectivity index (χ1v) is 10.6. The summed E-state index contributed by atoms with van der Waals surface area (Å²) in [5.74, 6) is 0.735. The molecular weight excluding hydrogens is 336 g/mol. The Bertz CT molecular complexity index is 585. The van der Waals surface area contributed by atoms with Crippen LogP contribution >= 0.6 is 0 Å². The quantitative estimate of drug-likeness (QED) is 0.861. The van der Waals surface area contributed by atoms with E-state index in [1.54, 1.807) is 0 Å². The second-order valence-corrected chi connectivity index (χ2v) is 8.43. The second-order valence-electron chi connectivity index (χ2n) is 8.43. The summed E-state index contributed by atoms with van der Waals surface area (Å²) in [7, 11) is 1.96. The van der Waals surface area contributed by atoms with E-state index in [2.05, 4.69) is 59.3 Å². The van der Waals surface area contributed by atoms with Gasteiger partial charge in [-0.1, -0.05) is 38.0 Å². The summed E-state index contributed by atoms with van der Waals surface area (Å²) >= 11 is 0. The van der Waals surface area contributed by atoms with Crippen LogP contribution in [0.2, 0.25) is 0 Å². The average Bonchev–Trinajstić information content (AvgIpc) is 2.72. The van der Waals surface area contributed by atoms with Gasteiger partial charge < -0.3 is 15.1 Å². The Hall–Kier alpha value is -1.75. The molecule has 0 radical (unpaired) electrons. The highest BCUT2D eigenvalue weighted by Gasteiger charge is 2.26. The predicted octanol–water partition coefficient (Wildman–Crippen LogP) is 3.42. The van der Waals surface area contributed by atoms with Gasteiger partial charge in [0.15, 0.2) is 0 Å². The third-order valence-corrected chi connectivity index (χ3v) is 6.38. The van der Waals surface area contributed by atoms with Crippen molar-refractivity contribution in [2.45, 2.75) is 51.6 Å². The highest BCUT2D eigenvalue weighted by atomic mass is 16.2. The molecule has 1 N–H and O–H groups in total. The van der Waals surface area contributed by atoms with Crippen LogP contribution in [-0.4, -0.2) is 67.7 Å². The van der Waals surface area contributed by atoms with E-state index in [9.17, 15) is 4.79 Å². The van der Waals surface area contributed by atoms with Crippen molar-refractivity contribution < 1.29 is 4.79 Å². The van der Waals surface area contributed by atoms with E-state index in [1.165, 1.54) is 18.5 Å². The topological polar surface area (TPSA) is 38.8 Å². The van der Waals surface area contributed by atoms with Crippen LogP contribution in [0.5, 0.6) is 0 Å². The lowest BCUT2D eigenvalue weighted by Crippen LogP contribution is -2.54. The van der Waals surface area contributed by atoms with Gasteiger partial charge in [0.25, 0.3) is 0 Å². The van der Waals surface area contributed by atoms with E-state index in [0.29, 0.717) is 12.1 Å². The second kappa shape index (κ2) is 9.45. The number of carbonyl (C=O) groups is 1. The van der Waals surface area contributed by atoms with Gasteiger partial charge in [-0.05, 0) is 37.8 Å². The van der Waals surface area contributed by atoms with Gasteiger partial charge in [0.05, 0.1) is 0 Å². The monoisotopic (exact) mass is 372 g/mol. The molecule has 1 saturated heterocycles. The zero-order valence-electron chi connectivity index (χ0n) is 17.2. The van der Waals surface area contributed by atoms with Crippen LogP contribution in [0, 0.1) is 5.92 Å². The Morgan fingerprint density at radius 2 is 1.89 bits per heavy atom. The van der Waals surface area contributed by atoms with Gasteiger partial charge in [0, 0.05) is 57.5 Å². The summed E-state index contributed by atoms with van der Waals surface area (Å²) in [5.41, 5.74) is 1.31. The molecule has 2 fully saturated rings. The number of amides is 2. The van der Waals surface area contributed by atoms with Gasteiger partial charge >= 0.3 is 6.03 Å². The van der Waals surface area contributed by atoms with Crippen molar-refractivity contribution in [2.24, 2.45) is 5.92 Å². The van der Waals surface area contributed by atoms with Crippen LogP contribution in [0.15, 0.2) is 30.3 Å². The molecule has 5 heteroatoms. The summed E-state index contributed by atoms with van der Waals surface area (Å²) in [5, 5.41) is 3.17. The lowest BCUT2D eigenvalue weighted by Gasteiger charge is -2.39. The van der Waals surface area contributed by atoms with Crippen LogP contribution in [0.4, 0.5) is 10.5 Å². The van der Waals surface area contributed by atoms with Gasteiger partial charge in [-0.2, -0.15) is 0 Å². The molecule has 1 heterocycles. The Labute approximate surface area is 164 Å². The van der Waals surface area contributed by atoms with Crippen molar-refractivity contribution in [2.75, 3.05) is 44.7 Å². The number of hydrogen-bond donors (Lipinski definition) is 1. The number of hydrogen-bond acceptors (Lipinski definition) is 3. The normalized spacial score (nSPS) is 25.1. The molecule has 5 nitrogen and oxygen atoms in total. The fourth-order valence-electron chi connectivity index (χ4n) is 4.47. The lowest BCUT2D eigenvalue weighted by atomic mass is 9.86. The SMILES string of the molecule is CC1CCCC(N(C)C(=O)NCC(C)N2CCN(c3ccccc3)CC2)C1. The van der Waals surface area contributed by atoms with Crippen LogP contribution < -0.4 is 10.2 Å². The summed E-state index contributed by atoms with van der Waals surface area (Å²) in [6.07, 6.45) is 4.83. The summed E-state index contributed by atoms with van der Waals surface area (Å²) < 4.78 is 0. The van der Waals surface area contributed by atoms with Crippen LogP contribution in [0.3, 0.4) is 0 Å². The molecule has 1 aliphatic heterocycles. The number of nitrogens with one attached hydrogen (secondary N) is 1. The molecule has 2 amide bonds. The first kappa shape index (κ1) is 20.0. The molecular formula is C22H36N4O. The smallest absolute Gasteiger partial charge is 0.317 e. The van der Waals surface area contributed by atoms with E-state index < -0.39 is 0 Å². The van der Waals surface area contributed by atoms with Crippen LogP contribution in [0.1, 0.15) is 39.5 Å². The van der Waals surface area contributed by atoms with Crippen molar-refractivity contribution in [3.8, 4) is 0 Å². The third kappa shape index (κ3) is 5.38. The van der Waals surface area contributed by atoms with E-state index in [-0.39, 0.29) is 6.03 Å². The number of anilines is 1. The number of benzene rings is 1. The molecule has 3 atom stereocenters. The van der Waals surface area contributed by atoms with E-state index >= 15 is 0 Å². The number of urea groups is 1. The Morgan fingerprint density at radius 1 is 1.19 bits per heavy atom. The van der Waals surface area contributed by atoms with Crippen LogP contribution in [-0.2, 0) is 0 Å². The van der Waals surface area contributed by atoms with Gasteiger partial charge in [-0.15, -0.1) is 0 Å². The minimum atomic E-state index is 0.0869. The molecule has 0 bridgehead atoms. The van der Waals surface area contributed by atoms with Crippen molar-refractivity contribution in [3.05, 3.63) is 30.3 Å². The maximum absolute atomic E-state index is 12.6.